The van der Waals surface area contributed by atoms with Gasteiger partial charge < -0.3 is 9.80 Å². The Morgan fingerprint density at radius 2 is 1.08 bits per heavy atom. The van der Waals surface area contributed by atoms with Gasteiger partial charge >= 0.3 is 0 Å². The molecule has 0 aromatic heterocycles. The predicted molar refractivity (Wildman–Crippen MR) is 105 cm³/mol. The maximum Gasteiger partial charge on any atom is 0.258 e. The normalized spacial score (nSPS) is 18.8. The van der Waals surface area contributed by atoms with Crippen molar-refractivity contribution in [2.24, 2.45) is 0 Å². The Hall–Kier alpha value is -3.14. The first-order valence-corrected chi connectivity index (χ1v) is 8.91. The van der Waals surface area contributed by atoms with E-state index in [0.717, 1.165) is 22.5 Å². The third kappa shape index (κ3) is 2.30. The summed E-state index contributed by atoms with van der Waals surface area (Å²) < 4.78 is 0. The minimum atomic E-state index is -0.0170. The molecular weight excluding hydrogens is 324 g/mol. The van der Waals surface area contributed by atoms with Gasteiger partial charge in [0.25, 0.3) is 11.8 Å². The van der Waals surface area contributed by atoms with Crippen LogP contribution in [-0.2, 0) is 9.59 Å². The lowest BCUT2D eigenvalue weighted by atomic mass is 10.0. The zero-order chi connectivity index (χ0) is 18.3. The molecule has 0 aliphatic carbocycles. The number of likely N-dealkylation sites (N-methyl/N-ethyl adjacent to an activating group) is 2. The Morgan fingerprint density at radius 1 is 0.692 bits per heavy atom. The zero-order valence-corrected chi connectivity index (χ0v) is 14.9. The van der Waals surface area contributed by atoms with Crippen molar-refractivity contribution in [2.45, 2.75) is 13.8 Å². The van der Waals surface area contributed by atoms with Crippen molar-refractivity contribution in [1.29, 1.82) is 0 Å². The Balaban J connectivity index is 1.81. The van der Waals surface area contributed by atoms with E-state index < -0.39 is 0 Å². The Kier molecular flexibility index (Phi) is 3.96. The summed E-state index contributed by atoms with van der Waals surface area (Å²) in [5.41, 5.74) is 4.96. The van der Waals surface area contributed by atoms with Gasteiger partial charge in [0, 0.05) is 35.4 Å². The van der Waals surface area contributed by atoms with E-state index in [0.29, 0.717) is 24.2 Å². The molecule has 0 saturated carbocycles. The van der Waals surface area contributed by atoms with Gasteiger partial charge in [0.15, 0.2) is 0 Å². The summed E-state index contributed by atoms with van der Waals surface area (Å²) in [6.07, 6.45) is 3.58. The van der Waals surface area contributed by atoms with Gasteiger partial charge in [0.05, 0.1) is 11.4 Å². The third-order valence-electron chi connectivity index (χ3n) is 4.97. The van der Waals surface area contributed by atoms with Crippen molar-refractivity contribution < 1.29 is 9.59 Å². The summed E-state index contributed by atoms with van der Waals surface area (Å²) >= 11 is 0. The quantitative estimate of drug-likeness (QED) is 0.793. The van der Waals surface area contributed by atoms with E-state index in [1.54, 1.807) is 22.0 Å². The van der Waals surface area contributed by atoms with Crippen LogP contribution in [0.1, 0.15) is 25.0 Å². The molecule has 0 bridgehead atoms. The van der Waals surface area contributed by atoms with Crippen molar-refractivity contribution in [2.75, 3.05) is 22.9 Å². The van der Waals surface area contributed by atoms with Crippen LogP contribution < -0.4 is 9.80 Å². The fourth-order valence-corrected chi connectivity index (χ4v) is 3.73. The fraction of sp³-hybridized carbons (Fsp3) is 0.182. The van der Waals surface area contributed by atoms with Crippen LogP contribution in [0.25, 0.3) is 11.1 Å². The maximum atomic E-state index is 12.8. The Bertz CT molecular complexity index is 892. The Morgan fingerprint density at radius 3 is 1.46 bits per heavy atom. The van der Waals surface area contributed by atoms with Crippen LogP contribution in [0.4, 0.5) is 11.4 Å². The van der Waals surface area contributed by atoms with Crippen LogP contribution in [0.2, 0.25) is 0 Å². The van der Waals surface area contributed by atoms with Gasteiger partial charge in [0.2, 0.25) is 0 Å². The molecular formula is C22H20N2O2. The highest BCUT2D eigenvalue weighted by Gasteiger charge is 2.32. The molecule has 0 saturated heterocycles. The number of hydrogen-bond donors (Lipinski definition) is 0. The number of nitrogens with zero attached hydrogens (tertiary/aromatic N) is 2. The van der Waals surface area contributed by atoms with Crippen LogP contribution in [0, 0.1) is 0 Å². The minimum absolute atomic E-state index is 0.0170. The van der Waals surface area contributed by atoms with Crippen LogP contribution in [0.3, 0.4) is 0 Å². The number of benzene rings is 2. The van der Waals surface area contributed by atoms with Crippen molar-refractivity contribution in [3.05, 3.63) is 71.8 Å². The van der Waals surface area contributed by atoms with E-state index >= 15 is 0 Å². The average molecular weight is 344 g/mol. The molecule has 2 heterocycles. The molecule has 4 nitrogen and oxygen atoms in total. The summed E-state index contributed by atoms with van der Waals surface area (Å²) in [5, 5.41) is 0. The van der Waals surface area contributed by atoms with E-state index in [4.69, 9.17) is 0 Å². The van der Waals surface area contributed by atoms with Gasteiger partial charge in [-0.1, -0.05) is 36.4 Å². The lowest BCUT2D eigenvalue weighted by molar-refractivity contribution is -0.113. The molecule has 0 fully saturated rings. The first-order valence-electron chi connectivity index (χ1n) is 8.91. The van der Waals surface area contributed by atoms with Gasteiger partial charge in [0.1, 0.15) is 0 Å². The SMILES string of the molecule is CCN1C(=O)/C(=C\C=C2\C(=O)N(CC)c3ccccc32)c2ccccc21. The second-order valence-corrected chi connectivity index (χ2v) is 6.29. The van der Waals surface area contributed by atoms with Crippen LogP contribution in [-0.4, -0.2) is 24.9 Å². The molecule has 2 amide bonds. The van der Waals surface area contributed by atoms with Crippen molar-refractivity contribution in [1.82, 2.24) is 0 Å². The Labute approximate surface area is 153 Å². The highest BCUT2D eigenvalue weighted by atomic mass is 16.2. The smallest absolute Gasteiger partial charge is 0.258 e. The second-order valence-electron chi connectivity index (χ2n) is 6.29. The first kappa shape index (κ1) is 16.3. The van der Waals surface area contributed by atoms with Gasteiger partial charge in [-0.2, -0.15) is 0 Å². The summed E-state index contributed by atoms with van der Waals surface area (Å²) in [6.45, 7) is 5.17. The second kappa shape index (κ2) is 6.30. The molecule has 2 aromatic rings. The van der Waals surface area contributed by atoms with Gasteiger partial charge in [-0.15, -0.1) is 0 Å². The highest BCUT2D eigenvalue weighted by Crippen LogP contribution is 2.39. The molecule has 4 heteroatoms. The molecule has 0 unspecified atom stereocenters. The first-order chi connectivity index (χ1) is 12.7. The van der Waals surface area contributed by atoms with E-state index in [1.807, 2.05) is 62.4 Å². The maximum absolute atomic E-state index is 12.8. The van der Waals surface area contributed by atoms with E-state index in [2.05, 4.69) is 0 Å². The van der Waals surface area contributed by atoms with Crippen LogP contribution >= 0.6 is 0 Å². The number of carbonyl (C=O) groups is 2. The van der Waals surface area contributed by atoms with E-state index in [9.17, 15) is 9.59 Å². The standard InChI is InChI=1S/C22H20N2O2/c1-3-23-19-11-7-5-9-15(19)17(21(23)25)13-14-18-16-10-6-8-12-20(16)24(4-2)22(18)26/h5-14H,3-4H2,1-2H3/b17-13-,18-14+. The van der Waals surface area contributed by atoms with Crippen molar-refractivity contribution >= 4 is 34.3 Å². The molecule has 2 aliphatic rings. The molecule has 0 radical (unpaired) electrons. The summed E-state index contributed by atoms with van der Waals surface area (Å²) in [7, 11) is 0. The van der Waals surface area contributed by atoms with Gasteiger partial charge in [-0.05, 0) is 38.1 Å². The van der Waals surface area contributed by atoms with E-state index in [1.165, 1.54) is 0 Å². The van der Waals surface area contributed by atoms with Crippen LogP contribution in [0.15, 0.2) is 60.7 Å². The predicted octanol–water partition coefficient (Wildman–Crippen LogP) is 3.89. The summed E-state index contributed by atoms with van der Waals surface area (Å²) in [4.78, 5) is 29.1. The largest absolute Gasteiger partial charge is 0.308 e. The number of amides is 2. The van der Waals surface area contributed by atoms with Crippen molar-refractivity contribution in [3.8, 4) is 0 Å². The summed E-state index contributed by atoms with van der Waals surface area (Å²) in [6, 6.07) is 15.6. The number of hydrogen-bond acceptors (Lipinski definition) is 2. The number of allylic oxidation sites excluding steroid dienone is 2. The minimum Gasteiger partial charge on any atom is -0.308 e. The van der Waals surface area contributed by atoms with E-state index in [-0.39, 0.29) is 11.8 Å². The number of carbonyl (C=O) groups excluding carboxylic acids is 2. The highest BCUT2D eigenvalue weighted by molar-refractivity contribution is 6.35. The van der Waals surface area contributed by atoms with Gasteiger partial charge in [-0.3, -0.25) is 9.59 Å². The average Bonchev–Trinajstić information content (AvgIpc) is 3.10. The molecule has 0 spiro atoms. The number of anilines is 2. The molecule has 4 rings (SSSR count). The fourth-order valence-electron chi connectivity index (χ4n) is 3.73. The monoisotopic (exact) mass is 344 g/mol. The lowest BCUT2D eigenvalue weighted by Crippen LogP contribution is -2.26. The number of fused-ring (bicyclic) bond motifs is 2. The lowest BCUT2D eigenvalue weighted by Gasteiger charge is -2.13. The molecule has 0 N–H and O–H groups in total. The molecule has 0 atom stereocenters. The third-order valence-corrected chi connectivity index (χ3v) is 4.97. The van der Waals surface area contributed by atoms with Crippen LogP contribution in [0.5, 0.6) is 0 Å². The number of para-hydroxylation sites is 2. The zero-order valence-electron chi connectivity index (χ0n) is 14.9. The topological polar surface area (TPSA) is 40.6 Å². The summed E-state index contributed by atoms with van der Waals surface area (Å²) in [5.74, 6) is -0.0340. The molecule has 130 valence electrons. The molecule has 2 aromatic carbocycles. The number of rotatable bonds is 3. The van der Waals surface area contributed by atoms with Crippen molar-refractivity contribution in [3.63, 3.8) is 0 Å². The van der Waals surface area contributed by atoms with Gasteiger partial charge in [-0.25, -0.2) is 0 Å². The molecule has 26 heavy (non-hydrogen) atoms. The molecule has 2 aliphatic heterocycles.